The van der Waals surface area contributed by atoms with Crippen LogP contribution >= 0.6 is 11.6 Å². The van der Waals surface area contributed by atoms with Crippen molar-refractivity contribution in [3.05, 3.63) is 107 Å². The first-order valence-corrected chi connectivity index (χ1v) is 13.4. The summed E-state index contributed by atoms with van der Waals surface area (Å²) in [7, 11) is 0. The number of amides is 2. The Balaban J connectivity index is 1.59. The van der Waals surface area contributed by atoms with Crippen LogP contribution in [0.4, 0.5) is 0 Å². The zero-order valence-corrected chi connectivity index (χ0v) is 21.5. The smallest absolute Gasteiger partial charge is 0.243 e. The van der Waals surface area contributed by atoms with E-state index in [9.17, 15) is 9.59 Å². The summed E-state index contributed by atoms with van der Waals surface area (Å²) >= 11 is 6.36. The van der Waals surface area contributed by atoms with Gasteiger partial charge < -0.3 is 10.2 Å². The van der Waals surface area contributed by atoms with Crippen molar-refractivity contribution in [1.29, 1.82) is 0 Å². The van der Waals surface area contributed by atoms with Crippen LogP contribution in [0.25, 0.3) is 0 Å². The lowest BCUT2D eigenvalue weighted by Crippen LogP contribution is -2.52. The molecule has 1 fully saturated rings. The number of rotatable bonds is 10. The summed E-state index contributed by atoms with van der Waals surface area (Å²) in [5, 5.41) is 3.95. The molecule has 188 valence electrons. The highest BCUT2D eigenvalue weighted by atomic mass is 35.5. The zero-order chi connectivity index (χ0) is 25.2. The molecule has 0 radical (unpaired) electrons. The predicted octanol–water partition coefficient (Wildman–Crippen LogP) is 6.36. The Morgan fingerprint density at radius 3 is 2.11 bits per heavy atom. The van der Waals surface area contributed by atoms with Crippen molar-refractivity contribution in [3.8, 4) is 0 Å². The second-order valence-corrected chi connectivity index (χ2v) is 10.1. The highest BCUT2D eigenvalue weighted by molar-refractivity contribution is 6.31. The normalized spacial score (nSPS) is 14.7. The highest BCUT2D eigenvalue weighted by Gasteiger charge is 2.31. The summed E-state index contributed by atoms with van der Waals surface area (Å²) in [5.74, 6) is -0.105. The van der Waals surface area contributed by atoms with Crippen LogP contribution < -0.4 is 5.32 Å². The lowest BCUT2D eigenvalue weighted by molar-refractivity contribution is -0.141. The van der Waals surface area contributed by atoms with Gasteiger partial charge in [0.25, 0.3) is 0 Å². The van der Waals surface area contributed by atoms with Gasteiger partial charge >= 0.3 is 0 Å². The summed E-state index contributed by atoms with van der Waals surface area (Å²) in [5.41, 5.74) is 2.99. The Labute approximate surface area is 219 Å². The Morgan fingerprint density at radius 1 is 0.833 bits per heavy atom. The van der Waals surface area contributed by atoms with Gasteiger partial charge in [0.15, 0.2) is 0 Å². The van der Waals surface area contributed by atoms with E-state index >= 15 is 0 Å². The first-order valence-electron chi connectivity index (χ1n) is 13.0. The maximum Gasteiger partial charge on any atom is 0.243 e. The van der Waals surface area contributed by atoms with Gasteiger partial charge in [0.05, 0.1) is 0 Å². The molecule has 2 amide bonds. The summed E-state index contributed by atoms with van der Waals surface area (Å²) in [6.45, 7) is 0.387. The Bertz CT molecular complexity index is 1110. The van der Waals surface area contributed by atoms with E-state index in [2.05, 4.69) is 5.32 Å². The molecule has 0 bridgehead atoms. The van der Waals surface area contributed by atoms with Gasteiger partial charge in [-0.3, -0.25) is 9.59 Å². The number of nitrogens with zero attached hydrogens (tertiary/aromatic N) is 1. The Morgan fingerprint density at radius 2 is 1.44 bits per heavy atom. The van der Waals surface area contributed by atoms with Crippen LogP contribution in [0.5, 0.6) is 0 Å². The Hall–Kier alpha value is -3.11. The minimum Gasteiger partial charge on any atom is -0.352 e. The fraction of sp³-hybridized carbons (Fsp3) is 0.355. The van der Waals surface area contributed by atoms with E-state index in [0.717, 1.165) is 42.4 Å². The molecule has 3 aromatic carbocycles. The first-order chi connectivity index (χ1) is 17.6. The first kappa shape index (κ1) is 26.0. The second kappa shape index (κ2) is 13.3. The molecule has 1 atom stereocenters. The van der Waals surface area contributed by atoms with E-state index < -0.39 is 6.04 Å². The fourth-order valence-electron chi connectivity index (χ4n) is 4.96. The topological polar surface area (TPSA) is 49.4 Å². The van der Waals surface area contributed by atoms with Gasteiger partial charge in [-0.05, 0) is 42.0 Å². The van der Waals surface area contributed by atoms with Gasteiger partial charge in [-0.1, -0.05) is 110 Å². The van der Waals surface area contributed by atoms with Crippen molar-refractivity contribution in [1.82, 2.24) is 10.2 Å². The lowest BCUT2D eigenvalue weighted by Gasteiger charge is -2.33. The molecule has 0 saturated heterocycles. The van der Waals surface area contributed by atoms with Crippen LogP contribution in [-0.2, 0) is 29.0 Å². The van der Waals surface area contributed by atoms with E-state index in [1.807, 2.05) is 84.9 Å². The van der Waals surface area contributed by atoms with E-state index in [1.54, 1.807) is 4.90 Å². The quantitative estimate of drug-likeness (QED) is 0.350. The average Bonchev–Trinajstić information content (AvgIpc) is 2.91. The Kier molecular flexibility index (Phi) is 9.57. The molecule has 1 N–H and O–H groups in total. The summed E-state index contributed by atoms with van der Waals surface area (Å²) in [4.78, 5) is 29.3. The summed E-state index contributed by atoms with van der Waals surface area (Å²) < 4.78 is 0. The molecule has 0 aliphatic heterocycles. The molecule has 1 aliphatic carbocycles. The number of nitrogens with one attached hydrogen (secondary N) is 1. The number of carbonyl (C=O) groups is 2. The van der Waals surface area contributed by atoms with Crippen molar-refractivity contribution < 1.29 is 9.59 Å². The van der Waals surface area contributed by atoms with E-state index in [1.165, 1.54) is 6.42 Å². The lowest BCUT2D eigenvalue weighted by atomic mass is 9.94. The molecule has 1 saturated carbocycles. The number of hydrogen-bond donors (Lipinski definition) is 1. The van der Waals surface area contributed by atoms with Crippen molar-refractivity contribution in [2.24, 2.45) is 0 Å². The summed E-state index contributed by atoms with van der Waals surface area (Å²) in [6.07, 6.45) is 6.80. The van der Waals surface area contributed by atoms with Gasteiger partial charge in [-0.2, -0.15) is 0 Å². The largest absolute Gasteiger partial charge is 0.352 e. The molecule has 0 spiro atoms. The number of benzene rings is 3. The van der Waals surface area contributed by atoms with Gasteiger partial charge in [-0.25, -0.2) is 0 Å². The second-order valence-electron chi connectivity index (χ2n) is 9.65. The molecule has 5 heteroatoms. The minimum absolute atomic E-state index is 0.0431. The van der Waals surface area contributed by atoms with Crippen LogP contribution in [0.3, 0.4) is 0 Å². The van der Waals surface area contributed by atoms with Crippen LogP contribution in [-0.4, -0.2) is 28.8 Å². The summed E-state index contributed by atoms with van der Waals surface area (Å²) in [6, 6.07) is 27.1. The van der Waals surface area contributed by atoms with Crippen LogP contribution in [0.1, 0.15) is 55.2 Å². The van der Waals surface area contributed by atoms with Gasteiger partial charge in [0.2, 0.25) is 11.8 Å². The van der Waals surface area contributed by atoms with E-state index in [4.69, 9.17) is 11.6 Å². The molecule has 0 heterocycles. The maximum atomic E-state index is 13.8. The standard InChI is InChI=1S/C31H35ClN2O2/c32-28-19-11-10-16-26(28)20-21-30(35)34(23-25-14-6-2-7-15-25)29(22-24-12-4-1-5-13-24)31(36)33-27-17-8-3-9-18-27/h1-2,4-7,10-16,19,27,29H,3,8-9,17-18,20-23H2,(H,33,36)/t29-/m1/s1. The molecule has 4 rings (SSSR count). The van der Waals surface area contributed by atoms with Crippen LogP contribution in [0.2, 0.25) is 5.02 Å². The van der Waals surface area contributed by atoms with Crippen molar-refractivity contribution >= 4 is 23.4 Å². The molecule has 3 aromatic rings. The molecular formula is C31H35ClN2O2. The number of aryl methyl sites for hydroxylation is 1. The average molecular weight is 503 g/mol. The van der Waals surface area contributed by atoms with Gasteiger partial charge in [0, 0.05) is 30.5 Å². The fourth-order valence-corrected chi connectivity index (χ4v) is 5.19. The molecule has 4 nitrogen and oxygen atoms in total. The van der Waals surface area contributed by atoms with E-state index in [0.29, 0.717) is 30.8 Å². The highest BCUT2D eigenvalue weighted by Crippen LogP contribution is 2.22. The minimum atomic E-state index is -0.590. The molecule has 36 heavy (non-hydrogen) atoms. The van der Waals surface area contributed by atoms with E-state index in [-0.39, 0.29) is 17.9 Å². The van der Waals surface area contributed by atoms with Crippen LogP contribution in [0.15, 0.2) is 84.9 Å². The predicted molar refractivity (Wildman–Crippen MR) is 146 cm³/mol. The molecule has 0 unspecified atom stereocenters. The third-order valence-electron chi connectivity index (χ3n) is 6.98. The van der Waals surface area contributed by atoms with Gasteiger partial charge in [-0.15, -0.1) is 0 Å². The van der Waals surface area contributed by atoms with Crippen molar-refractivity contribution in [2.45, 2.75) is 70.0 Å². The number of halogens is 1. The monoisotopic (exact) mass is 502 g/mol. The maximum absolute atomic E-state index is 13.8. The molecule has 0 aromatic heterocycles. The molecule has 1 aliphatic rings. The third kappa shape index (κ3) is 7.44. The SMILES string of the molecule is O=C(NC1CCCCC1)[C@@H](Cc1ccccc1)N(Cc1ccccc1)C(=O)CCc1ccccc1Cl. The van der Waals surface area contributed by atoms with Crippen molar-refractivity contribution in [3.63, 3.8) is 0 Å². The number of hydrogen-bond acceptors (Lipinski definition) is 2. The zero-order valence-electron chi connectivity index (χ0n) is 20.7. The number of carbonyl (C=O) groups excluding carboxylic acids is 2. The molecular weight excluding hydrogens is 468 g/mol. The van der Waals surface area contributed by atoms with Crippen LogP contribution in [0, 0.1) is 0 Å². The van der Waals surface area contributed by atoms with Crippen molar-refractivity contribution in [2.75, 3.05) is 0 Å². The van der Waals surface area contributed by atoms with Gasteiger partial charge in [0.1, 0.15) is 6.04 Å². The third-order valence-corrected chi connectivity index (χ3v) is 7.35.